The molecule has 118 valence electrons. The van der Waals surface area contributed by atoms with Gasteiger partial charge in [-0.2, -0.15) is 0 Å². The SMILES string of the molecule is CCOCCC(=O)N1C[C@@H](CN)[C@H](c2ccccc2)C1.Cl. The minimum absolute atomic E-state index is 0. The van der Waals surface area contributed by atoms with Gasteiger partial charge >= 0.3 is 0 Å². The Labute approximate surface area is 133 Å². The summed E-state index contributed by atoms with van der Waals surface area (Å²) in [7, 11) is 0. The van der Waals surface area contributed by atoms with E-state index in [1.54, 1.807) is 0 Å². The van der Waals surface area contributed by atoms with E-state index in [0.29, 0.717) is 38.0 Å². The molecule has 0 bridgehead atoms. The second-order valence-electron chi connectivity index (χ2n) is 5.26. The zero-order valence-corrected chi connectivity index (χ0v) is 13.3. The monoisotopic (exact) mass is 312 g/mol. The molecule has 1 amide bonds. The molecule has 2 atom stereocenters. The minimum Gasteiger partial charge on any atom is -0.381 e. The third-order valence-corrected chi connectivity index (χ3v) is 3.99. The quantitative estimate of drug-likeness (QED) is 0.818. The third kappa shape index (κ3) is 4.70. The standard InChI is InChI=1S/C16H24N2O2.ClH/c1-2-20-9-8-16(19)18-11-14(10-17)15(12-18)13-6-4-3-5-7-13;/h3-7,14-15H,2,8-12,17H2,1H3;1H/t14-,15+;/m1./s1. The molecule has 0 aliphatic carbocycles. The van der Waals surface area contributed by atoms with Crippen LogP contribution in [0.25, 0.3) is 0 Å². The lowest BCUT2D eigenvalue weighted by atomic mass is 9.89. The Morgan fingerprint density at radius 1 is 1.33 bits per heavy atom. The molecule has 0 spiro atoms. The van der Waals surface area contributed by atoms with Crippen molar-refractivity contribution in [2.45, 2.75) is 19.3 Å². The van der Waals surface area contributed by atoms with E-state index >= 15 is 0 Å². The van der Waals surface area contributed by atoms with Crippen LogP contribution in [0.4, 0.5) is 0 Å². The van der Waals surface area contributed by atoms with Gasteiger partial charge in [0.05, 0.1) is 13.0 Å². The zero-order chi connectivity index (χ0) is 14.4. The van der Waals surface area contributed by atoms with Gasteiger partial charge in [0.2, 0.25) is 5.91 Å². The van der Waals surface area contributed by atoms with Gasteiger partial charge in [-0.25, -0.2) is 0 Å². The van der Waals surface area contributed by atoms with Crippen LogP contribution >= 0.6 is 12.4 Å². The van der Waals surface area contributed by atoms with Gasteiger partial charge in [0.25, 0.3) is 0 Å². The molecule has 21 heavy (non-hydrogen) atoms. The smallest absolute Gasteiger partial charge is 0.224 e. The van der Waals surface area contributed by atoms with Crippen LogP contribution in [-0.2, 0) is 9.53 Å². The van der Waals surface area contributed by atoms with Crippen LogP contribution in [0.1, 0.15) is 24.8 Å². The number of carbonyl (C=O) groups excluding carboxylic acids is 1. The fourth-order valence-electron chi connectivity index (χ4n) is 2.85. The Morgan fingerprint density at radius 3 is 2.67 bits per heavy atom. The van der Waals surface area contributed by atoms with Crippen molar-refractivity contribution in [1.29, 1.82) is 0 Å². The number of halogens is 1. The highest BCUT2D eigenvalue weighted by Gasteiger charge is 2.34. The maximum Gasteiger partial charge on any atom is 0.224 e. The van der Waals surface area contributed by atoms with E-state index < -0.39 is 0 Å². The lowest BCUT2D eigenvalue weighted by Crippen LogP contribution is -2.30. The fourth-order valence-corrected chi connectivity index (χ4v) is 2.85. The lowest BCUT2D eigenvalue weighted by molar-refractivity contribution is -0.131. The summed E-state index contributed by atoms with van der Waals surface area (Å²) < 4.78 is 5.26. The summed E-state index contributed by atoms with van der Waals surface area (Å²) in [5.74, 6) is 0.890. The first-order chi connectivity index (χ1) is 9.76. The maximum atomic E-state index is 12.2. The summed E-state index contributed by atoms with van der Waals surface area (Å²) in [6.07, 6.45) is 0.465. The van der Waals surface area contributed by atoms with Crippen LogP contribution in [0.2, 0.25) is 0 Å². The zero-order valence-electron chi connectivity index (χ0n) is 12.5. The lowest BCUT2D eigenvalue weighted by Gasteiger charge is -2.16. The minimum atomic E-state index is 0. The van der Waals surface area contributed by atoms with Crippen molar-refractivity contribution in [3.8, 4) is 0 Å². The molecule has 5 heteroatoms. The van der Waals surface area contributed by atoms with E-state index in [4.69, 9.17) is 10.5 Å². The Hall–Kier alpha value is -1.10. The Morgan fingerprint density at radius 2 is 2.05 bits per heavy atom. The van der Waals surface area contributed by atoms with E-state index in [1.807, 2.05) is 30.0 Å². The molecule has 0 unspecified atom stereocenters. The Kier molecular flexibility index (Phi) is 7.72. The summed E-state index contributed by atoms with van der Waals surface area (Å²) in [6, 6.07) is 10.4. The molecule has 0 aromatic heterocycles. The van der Waals surface area contributed by atoms with Gasteiger partial charge < -0.3 is 15.4 Å². The number of likely N-dealkylation sites (tertiary alicyclic amines) is 1. The summed E-state index contributed by atoms with van der Waals surface area (Å²) in [5.41, 5.74) is 7.16. The van der Waals surface area contributed by atoms with Gasteiger partial charge in [-0.1, -0.05) is 30.3 Å². The van der Waals surface area contributed by atoms with E-state index in [0.717, 1.165) is 13.1 Å². The number of amides is 1. The average molecular weight is 313 g/mol. The summed E-state index contributed by atoms with van der Waals surface area (Å²) in [4.78, 5) is 14.1. The van der Waals surface area contributed by atoms with Crippen molar-refractivity contribution in [1.82, 2.24) is 4.90 Å². The van der Waals surface area contributed by atoms with Crippen molar-refractivity contribution in [2.24, 2.45) is 11.7 Å². The number of hydrogen-bond donors (Lipinski definition) is 1. The highest BCUT2D eigenvalue weighted by molar-refractivity contribution is 5.85. The third-order valence-electron chi connectivity index (χ3n) is 3.99. The second-order valence-corrected chi connectivity index (χ2v) is 5.26. The van der Waals surface area contributed by atoms with Crippen LogP contribution in [-0.4, -0.2) is 43.7 Å². The van der Waals surface area contributed by atoms with E-state index in [2.05, 4.69) is 12.1 Å². The topological polar surface area (TPSA) is 55.6 Å². The molecule has 2 N–H and O–H groups in total. The molecular weight excluding hydrogens is 288 g/mol. The fraction of sp³-hybridized carbons (Fsp3) is 0.562. The van der Waals surface area contributed by atoms with Crippen molar-refractivity contribution >= 4 is 18.3 Å². The van der Waals surface area contributed by atoms with Crippen LogP contribution in [0, 0.1) is 5.92 Å². The largest absolute Gasteiger partial charge is 0.381 e. The van der Waals surface area contributed by atoms with Gasteiger partial charge in [-0.15, -0.1) is 12.4 Å². The number of ether oxygens (including phenoxy) is 1. The predicted molar refractivity (Wildman–Crippen MR) is 86.7 cm³/mol. The predicted octanol–water partition coefficient (Wildman–Crippen LogP) is 2.04. The molecule has 1 heterocycles. The molecule has 1 aromatic rings. The first-order valence-electron chi connectivity index (χ1n) is 7.36. The average Bonchev–Trinajstić information content (AvgIpc) is 2.92. The van der Waals surface area contributed by atoms with E-state index in [9.17, 15) is 4.79 Å². The number of nitrogens with two attached hydrogens (primary N) is 1. The molecule has 1 aromatic carbocycles. The van der Waals surface area contributed by atoms with Crippen LogP contribution in [0.15, 0.2) is 30.3 Å². The van der Waals surface area contributed by atoms with Gasteiger partial charge in [-0.05, 0) is 24.9 Å². The van der Waals surface area contributed by atoms with Crippen molar-refractivity contribution in [3.63, 3.8) is 0 Å². The first-order valence-corrected chi connectivity index (χ1v) is 7.36. The van der Waals surface area contributed by atoms with Gasteiger partial charge in [0, 0.05) is 25.6 Å². The molecule has 1 fully saturated rings. The highest BCUT2D eigenvalue weighted by atomic mass is 35.5. The molecule has 1 aliphatic heterocycles. The van der Waals surface area contributed by atoms with Crippen molar-refractivity contribution in [3.05, 3.63) is 35.9 Å². The Bertz CT molecular complexity index is 428. The molecule has 2 rings (SSSR count). The molecule has 1 saturated heterocycles. The molecule has 0 saturated carbocycles. The molecule has 1 aliphatic rings. The van der Waals surface area contributed by atoms with Crippen LogP contribution < -0.4 is 5.73 Å². The molecule has 4 nitrogen and oxygen atoms in total. The van der Waals surface area contributed by atoms with Crippen LogP contribution in [0.3, 0.4) is 0 Å². The van der Waals surface area contributed by atoms with Crippen molar-refractivity contribution in [2.75, 3.05) is 32.8 Å². The summed E-state index contributed by atoms with van der Waals surface area (Å²) in [5, 5.41) is 0. The number of carbonyl (C=O) groups is 1. The normalized spacial score (nSPS) is 21.1. The Balaban J connectivity index is 0.00000220. The molecule has 0 radical (unpaired) electrons. The summed E-state index contributed by atoms with van der Waals surface area (Å²) in [6.45, 7) is 5.27. The number of nitrogens with zero attached hydrogens (tertiary/aromatic N) is 1. The van der Waals surface area contributed by atoms with Crippen LogP contribution in [0.5, 0.6) is 0 Å². The number of hydrogen-bond acceptors (Lipinski definition) is 3. The second kappa shape index (κ2) is 9.03. The van der Waals surface area contributed by atoms with Gasteiger partial charge in [0.15, 0.2) is 0 Å². The van der Waals surface area contributed by atoms with Gasteiger partial charge in [-0.3, -0.25) is 4.79 Å². The van der Waals surface area contributed by atoms with E-state index in [1.165, 1.54) is 5.56 Å². The highest BCUT2D eigenvalue weighted by Crippen LogP contribution is 2.32. The first kappa shape index (κ1) is 18.0. The number of rotatable bonds is 6. The maximum absolute atomic E-state index is 12.2. The van der Waals surface area contributed by atoms with Crippen molar-refractivity contribution < 1.29 is 9.53 Å². The van der Waals surface area contributed by atoms with Gasteiger partial charge in [0.1, 0.15) is 0 Å². The summed E-state index contributed by atoms with van der Waals surface area (Å²) >= 11 is 0. The number of benzene rings is 1. The molecular formula is C16H25ClN2O2. The van der Waals surface area contributed by atoms with E-state index in [-0.39, 0.29) is 18.3 Å².